The van der Waals surface area contributed by atoms with Crippen LogP contribution in [0.5, 0.6) is 11.5 Å². The summed E-state index contributed by atoms with van der Waals surface area (Å²) in [7, 11) is 3.19. The van der Waals surface area contributed by atoms with E-state index in [0.29, 0.717) is 45.5 Å². The number of nitrogens with zero attached hydrogens (tertiary/aromatic N) is 2. The Morgan fingerprint density at radius 2 is 1.33 bits per heavy atom. The van der Waals surface area contributed by atoms with Gasteiger partial charge in [-0.15, -0.1) is 0 Å². The van der Waals surface area contributed by atoms with E-state index in [4.69, 9.17) is 9.47 Å². The molecule has 2 heterocycles. The fraction of sp³-hybridized carbons (Fsp3) is 0.167. The van der Waals surface area contributed by atoms with Gasteiger partial charge in [0.15, 0.2) is 0 Å². The first-order chi connectivity index (χ1) is 18.9. The lowest BCUT2D eigenvalue weighted by Crippen LogP contribution is -2.32. The summed E-state index contributed by atoms with van der Waals surface area (Å²) in [6.45, 7) is 3.80. The van der Waals surface area contributed by atoms with Crippen molar-refractivity contribution in [1.29, 1.82) is 0 Å². The summed E-state index contributed by atoms with van der Waals surface area (Å²) in [5.41, 5.74) is 4.66. The molecule has 0 spiro atoms. The van der Waals surface area contributed by atoms with E-state index in [1.165, 1.54) is 6.20 Å². The first-order valence-corrected chi connectivity index (χ1v) is 12.4. The van der Waals surface area contributed by atoms with E-state index >= 15 is 0 Å². The van der Waals surface area contributed by atoms with Gasteiger partial charge in [-0.3, -0.25) is 9.59 Å². The van der Waals surface area contributed by atoms with Crippen LogP contribution in [-0.2, 0) is 4.79 Å². The standard InChI is InChI=1S/C30H29N5O4/c1-18-5-9-21(10-6-18)33-29(36)25-17-31-35-27(20-7-13-23(38-3)14-8-20)26(19(2)32-28(25)35)30(37)34-22-11-15-24(39-4)16-12-22/h5-17,27,32H,1-4H3,(H,33,36)(H,34,37)/t27-/m1/s1. The highest BCUT2D eigenvalue weighted by Crippen LogP contribution is 2.38. The molecule has 1 aliphatic heterocycles. The van der Waals surface area contributed by atoms with E-state index in [1.54, 1.807) is 43.2 Å². The monoisotopic (exact) mass is 523 g/mol. The SMILES string of the molecule is COc1ccc(NC(=O)C2=C(C)Nc3c(C(=O)Nc4ccc(C)cc4)cnn3[C@@H]2c2ccc(OC)cc2)cc1. The maximum atomic E-state index is 13.7. The number of benzene rings is 3. The van der Waals surface area contributed by atoms with Crippen molar-refractivity contribution in [1.82, 2.24) is 9.78 Å². The molecule has 1 aliphatic rings. The van der Waals surface area contributed by atoms with E-state index in [9.17, 15) is 9.59 Å². The number of aromatic nitrogens is 2. The van der Waals surface area contributed by atoms with Crippen molar-refractivity contribution < 1.29 is 19.1 Å². The third-order valence-corrected chi connectivity index (χ3v) is 6.60. The number of methoxy groups -OCH3 is 2. The molecule has 9 heteroatoms. The number of aryl methyl sites for hydroxylation is 1. The molecular formula is C30H29N5O4. The van der Waals surface area contributed by atoms with Crippen molar-refractivity contribution in [3.8, 4) is 11.5 Å². The zero-order chi connectivity index (χ0) is 27.5. The zero-order valence-corrected chi connectivity index (χ0v) is 22.1. The molecule has 0 fully saturated rings. The van der Waals surface area contributed by atoms with Crippen molar-refractivity contribution in [3.05, 3.63) is 107 Å². The van der Waals surface area contributed by atoms with Gasteiger partial charge in [0.05, 0.1) is 26.0 Å². The van der Waals surface area contributed by atoms with Crippen molar-refractivity contribution in [2.45, 2.75) is 19.9 Å². The highest BCUT2D eigenvalue weighted by molar-refractivity contribution is 6.09. The Morgan fingerprint density at radius 1 is 0.795 bits per heavy atom. The number of fused-ring (bicyclic) bond motifs is 1. The lowest BCUT2D eigenvalue weighted by Gasteiger charge is -2.30. The molecule has 198 valence electrons. The predicted octanol–water partition coefficient (Wildman–Crippen LogP) is 5.39. The fourth-order valence-electron chi connectivity index (χ4n) is 4.52. The Balaban J connectivity index is 1.51. The summed E-state index contributed by atoms with van der Waals surface area (Å²) in [6, 6.07) is 21.5. The van der Waals surface area contributed by atoms with Gasteiger partial charge in [-0.05, 0) is 67.9 Å². The molecule has 0 saturated carbocycles. The minimum Gasteiger partial charge on any atom is -0.497 e. The molecular weight excluding hydrogens is 494 g/mol. The number of ether oxygens (including phenoxy) is 2. The summed E-state index contributed by atoms with van der Waals surface area (Å²) in [6.07, 6.45) is 1.51. The zero-order valence-electron chi connectivity index (χ0n) is 22.1. The average molecular weight is 524 g/mol. The maximum Gasteiger partial charge on any atom is 0.261 e. The van der Waals surface area contributed by atoms with E-state index < -0.39 is 6.04 Å². The topological polar surface area (TPSA) is 107 Å². The molecule has 0 aliphatic carbocycles. The molecule has 0 unspecified atom stereocenters. The molecule has 39 heavy (non-hydrogen) atoms. The van der Waals surface area contributed by atoms with Crippen LogP contribution in [0.25, 0.3) is 0 Å². The summed E-state index contributed by atoms with van der Waals surface area (Å²) >= 11 is 0. The van der Waals surface area contributed by atoms with Crippen LogP contribution >= 0.6 is 0 Å². The van der Waals surface area contributed by atoms with Crippen LogP contribution in [-0.4, -0.2) is 35.8 Å². The second-order valence-electron chi connectivity index (χ2n) is 9.19. The Labute approximate surface area is 226 Å². The van der Waals surface area contributed by atoms with Crippen LogP contribution in [0.2, 0.25) is 0 Å². The van der Waals surface area contributed by atoms with Crippen LogP contribution in [0.4, 0.5) is 17.2 Å². The second-order valence-corrected chi connectivity index (χ2v) is 9.19. The van der Waals surface area contributed by atoms with Crippen LogP contribution in [0.1, 0.15) is 34.5 Å². The van der Waals surface area contributed by atoms with Crippen LogP contribution < -0.4 is 25.4 Å². The third kappa shape index (κ3) is 5.19. The number of hydrogen-bond donors (Lipinski definition) is 3. The van der Waals surface area contributed by atoms with Gasteiger partial charge >= 0.3 is 0 Å². The number of carbonyl (C=O) groups excluding carboxylic acids is 2. The predicted molar refractivity (Wildman–Crippen MR) is 150 cm³/mol. The van der Waals surface area contributed by atoms with Gasteiger partial charge in [0.2, 0.25) is 0 Å². The van der Waals surface area contributed by atoms with E-state index in [1.807, 2.05) is 62.4 Å². The summed E-state index contributed by atoms with van der Waals surface area (Å²) in [5.74, 6) is 1.28. The molecule has 3 aromatic carbocycles. The molecule has 1 aromatic heterocycles. The first kappa shape index (κ1) is 25.6. The van der Waals surface area contributed by atoms with E-state index in [-0.39, 0.29) is 11.8 Å². The third-order valence-electron chi connectivity index (χ3n) is 6.60. The van der Waals surface area contributed by atoms with Gasteiger partial charge < -0.3 is 25.4 Å². The van der Waals surface area contributed by atoms with Gasteiger partial charge in [-0.2, -0.15) is 5.10 Å². The molecule has 0 bridgehead atoms. The minimum atomic E-state index is -0.591. The fourth-order valence-corrected chi connectivity index (χ4v) is 4.52. The molecule has 0 radical (unpaired) electrons. The Bertz CT molecular complexity index is 1540. The number of hydrogen-bond acceptors (Lipinski definition) is 6. The van der Waals surface area contributed by atoms with E-state index in [2.05, 4.69) is 21.0 Å². The molecule has 9 nitrogen and oxygen atoms in total. The average Bonchev–Trinajstić information content (AvgIpc) is 3.37. The van der Waals surface area contributed by atoms with Crippen molar-refractivity contribution in [2.75, 3.05) is 30.2 Å². The molecule has 4 aromatic rings. The number of rotatable bonds is 7. The van der Waals surface area contributed by atoms with Gasteiger partial charge in [0.25, 0.3) is 11.8 Å². The Hall–Kier alpha value is -5.05. The quantitative estimate of drug-likeness (QED) is 0.300. The maximum absolute atomic E-state index is 13.7. The number of anilines is 3. The van der Waals surface area contributed by atoms with Crippen LogP contribution in [0.15, 0.2) is 90.3 Å². The molecule has 1 atom stereocenters. The lowest BCUT2D eigenvalue weighted by molar-refractivity contribution is -0.113. The number of allylic oxidation sites excluding steroid dienone is 1. The number of nitrogens with one attached hydrogen (secondary N) is 3. The smallest absolute Gasteiger partial charge is 0.261 e. The molecule has 2 amide bonds. The summed E-state index contributed by atoms with van der Waals surface area (Å²) in [4.78, 5) is 26.9. The van der Waals surface area contributed by atoms with Gasteiger partial charge in [0.1, 0.15) is 28.9 Å². The van der Waals surface area contributed by atoms with Crippen LogP contribution in [0.3, 0.4) is 0 Å². The molecule has 0 saturated heterocycles. The Kier molecular flexibility index (Phi) is 7.05. The first-order valence-electron chi connectivity index (χ1n) is 12.4. The van der Waals surface area contributed by atoms with Crippen LogP contribution in [0, 0.1) is 6.92 Å². The van der Waals surface area contributed by atoms with Gasteiger partial charge in [0, 0.05) is 17.1 Å². The van der Waals surface area contributed by atoms with Gasteiger partial charge in [-0.1, -0.05) is 29.8 Å². The highest BCUT2D eigenvalue weighted by Gasteiger charge is 2.35. The number of carbonyl (C=O) groups is 2. The normalized spacial score (nSPS) is 14.2. The summed E-state index contributed by atoms with van der Waals surface area (Å²) < 4.78 is 12.2. The van der Waals surface area contributed by atoms with Crippen molar-refractivity contribution in [3.63, 3.8) is 0 Å². The van der Waals surface area contributed by atoms with E-state index in [0.717, 1.165) is 11.1 Å². The second kappa shape index (κ2) is 10.7. The Morgan fingerprint density at radius 3 is 1.92 bits per heavy atom. The highest BCUT2D eigenvalue weighted by atomic mass is 16.5. The van der Waals surface area contributed by atoms with Gasteiger partial charge in [-0.25, -0.2) is 4.68 Å². The summed E-state index contributed by atoms with van der Waals surface area (Å²) in [5, 5.41) is 13.7. The lowest BCUT2D eigenvalue weighted by atomic mass is 9.94. The number of amides is 2. The molecule has 3 N–H and O–H groups in total. The largest absolute Gasteiger partial charge is 0.497 e. The van der Waals surface area contributed by atoms with Crippen molar-refractivity contribution >= 4 is 29.0 Å². The van der Waals surface area contributed by atoms with Crippen molar-refractivity contribution in [2.24, 2.45) is 0 Å². The molecule has 5 rings (SSSR count). The minimum absolute atomic E-state index is 0.294.